The molecule has 0 aromatic carbocycles. The maximum atomic E-state index is 11.4. The Labute approximate surface area is 93.0 Å². The smallest absolute Gasteiger partial charge is 0.280 e. The number of aryl methyl sites for hydroxylation is 1. The highest BCUT2D eigenvalue weighted by Gasteiger charge is 2.04. The van der Waals surface area contributed by atoms with E-state index in [2.05, 4.69) is 19.9 Å². The van der Waals surface area contributed by atoms with Crippen LogP contribution in [0, 0.1) is 0 Å². The second-order valence-electron chi connectivity index (χ2n) is 2.84. The summed E-state index contributed by atoms with van der Waals surface area (Å²) in [6.45, 7) is 5.94. The van der Waals surface area contributed by atoms with E-state index in [9.17, 15) is 4.79 Å². The fourth-order valence-corrected chi connectivity index (χ4v) is 1.14. The number of nitrogen functional groups attached to an aromatic ring is 1. The van der Waals surface area contributed by atoms with Crippen LogP contribution in [0.4, 0.5) is 5.95 Å². The van der Waals surface area contributed by atoms with Gasteiger partial charge in [0, 0.05) is 0 Å². The van der Waals surface area contributed by atoms with E-state index in [1.165, 1.54) is 0 Å². The summed E-state index contributed by atoms with van der Waals surface area (Å²) in [6.07, 6.45) is 2.32. The Kier molecular flexibility index (Phi) is 3.93. The van der Waals surface area contributed by atoms with E-state index in [1.54, 1.807) is 6.20 Å². The molecule has 2 aromatic heterocycles. The molecule has 0 aliphatic heterocycles. The normalized spacial score (nSPS) is 9.69. The van der Waals surface area contributed by atoms with Crippen molar-refractivity contribution >= 4 is 17.1 Å². The molecule has 0 saturated carbocycles. The minimum absolute atomic E-state index is 0.0565. The molecule has 0 spiro atoms. The summed E-state index contributed by atoms with van der Waals surface area (Å²) >= 11 is 0. The van der Waals surface area contributed by atoms with Crippen LogP contribution in [0.2, 0.25) is 0 Å². The molecule has 2 heterocycles. The number of hydrogen-bond donors (Lipinski definition) is 2. The average molecular weight is 221 g/mol. The van der Waals surface area contributed by atoms with Gasteiger partial charge in [-0.1, -0.05) is 20.8 Å². The molecule has 0 aliphatic rings. The molecular formula is C10H15N5O. The maximum Gasteiger partial charge on any atom is 0.280 e. The number of fused-ring (bicyclic) bond motifs is 1. The molecule has 0 saturated heterocycles. The van der Waals surface area contributed by atoms with Crippen molar-refractivity contribution in [3.63, 3.8) is 0 Å². The van der Waals surface area contributed by atoms with E-state index in [0.29, 0.717) is 0 Å². The number of nitrogens with zero attached hydrogens (tertiary/aromatic N) is 3. The molecule has 0 unspecified atom stereocenters. The second-order valence-corrected chi connectivity index (χ2v) is 2.84. The molecule has 0 fully saturated rings. The Hall–Kier alpha value is -1.98. The predicted octanol–water partition coefficient (Wildman–Crippen LogP) is 0.884. The summed E-state index contributed by atoms with van der Waals surface area (Å²) in [7, 11) is 0. The van der Waals surface area contributed by atoms with Gasteiger partial charge in [0.15, 0.2) is 11.2 Å². The maximum absolute atomic E-state index is 11.4. The number of H-pyrrole nitrogens is 1. The average Bonchev–Trinajstić information content (AvgIpc) is 2.31. The molecule has 0 atom stereocenters. The number of aromatic nitrogens is 4. The predicted molar refractivity (Wildman–Crippen MR) is 63.1 cm³/mol. The minimum Gasteiger partial charge on any atom is -0.369 e. The van der Waals surface area contributed by atoms with Crippen LogP contribution in [0.5, 0.6) is 0 Å². The van der Waals surface area contributed by atoms with Crippen molar-refractivity contribution in [3.8, 4) is 0 Å². The molecular weight excluding hydrogens is 206 g/mol. The van der Waals surface area contributed by atoms with Crippen molar-refractivity contribution in [2.75, 3.05) is 5.73 Å². The number of nitrogens with one attached hydrogen (secondary N) is 1. The SMILES string of the molecule is CC.CCc1cnc2nc(N)[nH]c(=O)c2n1. The number of rotatable bonds is 1. The zero-order chi connectivity index (χ0) is 12.1. The molecule has 0 radical (unpaired) electrons. The lowest BCUT2D eigenvalue weighted by atomic mass is 10.3. The van der Waals surface area contributed by atoms with Crippen molar-refractivity contribution in [2.45, 2.75) is 27.2 Å². The first-order valence-corrected chi connectivity index (χ1v) is 5.22. The highest BCUT2D eigenvalue weighted by molar-refractivity contribution is 5.69. The summed E-state index contributed by atoms with van der Waals surface area (Å²) in [6, 6.07) is 0. The van der Waals surface area contributed by atoms with E-state index in [0.717, 1.165) is 12.1 Å². The fraction of sp³-hybridized carbons (Fsp3) is 0.400. The van der Waals surface area contributed by atoms with Crippen molar-refractivity contribution in [1.29, 1.82) is 0 Å². The van der Waals surface area contributed by atoms with Gasteiger partial charge in [-0.3, -0.25) is 9.78 Å². The molecule has 6 heteroatoms. The number of aromatic amines is 1. The molecule has 86 valence electrons. The molecule has 0 bridgehead atoms. The topological polar surface area (TPSA) is 97.5 Å². The van der Waals surface area contributed by atoms with E-state index in [4.69, 9.17) is 5.73 Å². The Bertz CT molecular complexity index is 534. The van der Waals surface area contributed by atoms with Gasteiger partial charge in [0.2, 0.25) is 5.95 Å². The fourth-order valence-electron chi connectivity index (χ4n) is 1.14. The van der Waals surface area contributed by atoms with Gasteiger partial charge in [-0.05, 0) is 6.42 Å². The van der Waals surface area contributed by atoms with Crippen LogP contribution in [0.1, 0.15) is 26.5 Å². The van der Waals surface area contributed by atoms with Crippen LogP contribution in [-0.4, -0.2) is 19.9 Å². The van der Waals surface area contributed by atoms with Crippen LogP contribution in [0.15, 0.2) is 11.0 Å². The second kappa shape index (κ2) is 5.20. The molecule has 16 heavy (non-hydrogen) atoms. The summed E-state index contributed by atoms with van der Waals surface area (Å²) in [5, 5.41) is 0. The van der Waals surface area contributed by atoms with E-state index >= 15 is 0 Å². The first kappa shape index (κ1) is 12.1. The van der Waals surface area contributed by atoms with Crippen LogP contribution in [0.3, 0.4) is 0 Å². The highest BCUT2D eigenvalue weighted by atomic mass is 16.1. The Morgan fingerprint density at radius 1 is 1.38 bits per heavy atom. The Morgan fingerprint density at radius 3 is 2.69 bits per heavy atom. The van der Waals surface area contributed by atoms with Gasteiger partial charge in [-0.2, -0.15) is 4.98 Å². The van der Waals surface area contributed by atoms with Gasteiger partial charge in [0.1, 0.15) is 0 Å². The molecule has 2 aromatic rings. The van der Waals surface area contributed by atoms with Crippen LogP contribution in [0.25, 0.3) is 11.2 Å². The van der Waals surface area contributed by atoms with Gasteiger partial charge in [-0.15, -0.1) is 0 Å². The Morgan fingerprint density at radius 2 is 2.06 bits per heavy atom. The summed E-state index contributed by atoms with van der Waals surface area (Å²) < 4.78 is 0. The lowest BCUT2D eigenvalue weighted by Crippen LogP contribution is -2.14. The van der Waals surface area contributed by atoms with Crippen LogP contribution < -0.4 is 11.3 Å². The number of hydrogen-bond acceptors (Lipinski definition) is 5. The van der Waals surface area contributed by atoms with Crippen molar-refractivity contribution in [2.24, 2.45) is 0 Å². The minimum atomic E-state index is -0.352. The third kappa shape index (κ3) is 2.33. The van der Waals surface area contributed by atoms with Crippen molar-refractivity contribution in [3.05, 3.63) is 22.2 Å². The number of nitrogens with two attached hydrogens (primary N) is 1. The summed E-state index contributed by atoms with van der Waals surface area (Å²) in [4.78, 5) is 25.7. The molecule has 6 nitrogen and oxygen atoms in total. The van der Waals surface area contributed by atoms with Gasteiger partial charge in [0.05, 0.1) is 11.9 Å². The molecule has 2 rings (SSSR count). The summed E-state index contributed by atoms with van der Waals surface area (Å²) in [5.74, 6) is 0.0565. The number of anilines is 1. The van der Waals surface area contributed by atoms with Gasteiger partial charge in [0.25, 0.3) is 5.56 Å². The molecule has 3 N–H and O–H groups in total. The lowest BCUT2D eigenvalue weighted by molar-refractivity contribution is 1.01. The highest BCUT2D eigenvalue weighted by Crippen LogP contribution is 2.02. The molecule has 0 amide bonds. The third-order valence-corrected chi connectivity index (χ3v) is 1.85. The van der Waals surface area contributed by atoms with E-state index in [1.807, 2.05) is 20.8 Å². The van der Waals surface area contributed by atoms with E-state index < -0.39 is 0 Å². The lowest BCUT2D eigenvalue weighted by Gasteiger charge is -1.98. The molecule has 0 aliphatic carbocycles. The zero-order valence-corrected chi connectivity index (χ0v) is 9.61. The monoisotopic (exact) mass is 221 g/mol. The quantitative estimate of drug-likeness (QED) is 0.745. The standard InChI is InChI=1S/C8H9N5O.C2H6/c1-2-4-3-10-6-5(11-4)7(14)13-8(9)12-6;1-2/h3H,2H2,1H3,(H3,9,10,12,13,14);1-2H3. The Balaban J connectivity index is 0.000000606. The van der Waals surface area contributed by atoms with Crippen LogP contribution >= 0.6 is 0 Å². The first-order chi connectivity index (χ1) is 7.70. The van der Waals surface area contributed by atoms with Gasteiger partial charge < -0.3 is 5.73 Å². The van der Waals surface area contributed by atoms with Crippen molar-refractivity contribution in [1.82, 2.24) is 19.9 Å². The van der Waals surface area contributed by atoms with Crippen LogP contribution in [-0.2, 0) is 6.42 Å². The van der Waals surface area contributed by atoms with Crippen molar-refractivity contribution < 1.29 is 0 Å². The summed E-state index contributed by atoms with van der Waals surface area (Å²) in [5.41, 5.74) is 6.28. The van der Waals surface area contributed by atoms with E-state index in [-0.39, 0.29) is 22.7 Å². The first-order valence-electron chi connectivity index (χ1n) is 5.22. The van der Waals surface area contributed by atoms with Gasteiger partial charge in [-0.25, -0.2) is 9.97 Å². The van der Waals surface area contributed by atoms with Gasteiger partial charge >= 0.3 is 0 Å². The zero-order valence-electron chi connectivity index (χ0n) is 9.61. The largest absolute Gasteiger partial charge is 0.369 e. The third-order valence-electron chi connectivity index (χ3n) is 1.85.